The molecule has 7 heteroatoms. The Balaban J connectivity index is 2.97. The number of rotatable bonds is 7. The second-order valence-corrected chi connectivity index (χ2v) is 7.55. The minimum absolute atomic E-state index is 0.0873. The van der Waals surface area contributed by atoms with Gasteiger partial charge in [0.15, 0.2) is 0 Å². The van der Waals surface area contributed by atoms with Crippen LogP contribution in [0.1, 0.15) is 36.2 Å². The quantitative estimate of drug-likeness (QED) is 0.566. The van der Waals surface area contributed by atoms with E-state index in [9.17, 15) is 13.2 Å². The first-order valence-electron chi connectivity index (χ1n) is 6.49. The van der Waals surface area contributed by atoms with Crippen LogP contribution in [0.2, 0.25) is 0 Å². The summed E-state index contributed by atoms with van der Waals surface area (Å²) in [6.45, 7) is 4.42. The Bertz CT molecular complexity index is 595. The van der Waals surface area contributed by atoms with Crippen molar-refractivity contribution >= 4 is 25.7 Å². The molecule has 5 nitrogen and oxygen atoms in total. The highest BCUT2D eigenvalue weighted by atomic mass is 35.7. The molecule has 1 rings (SSSR count). The minimum Gasteiger partial charge on any atom is -0.462 e. The van der Waals surface area contributed by atoms with Crippen molar-refractivity contribution in [2.75, 3.05) is 13.7 Å². The molecular formula is C14H19ClO5S. The molecule has 0 unspecified atom stereocenters. The lowest BCUT2D eigenvalue weighted by Gasteiger charge is -2.10. The van der Waals surface area contributed by atoms with Crippen LogP contribution in [0.25, 0.3) is 0 Å². The van der Waals surface area contributed by atoms with Gasteiger partial charge in [0.05, 0.1) is 23.7 Å². The standard InChI is InChI=1S/C14H19ClO5S/c1-10(2)6-7-20-14(16)11-4-5-12(9-19-3)13(8-11)21(15,17)18/h4-5,8,10H,6-7,9H2,1-3H3. The smallest absolute Gasteiger partial charge is 0.338 e. The molecule has 0 fully saturated rings. The van der Waals surface area contributed by atoms with Crippen LogP contribution in [0.3, 0.4) is 0 Å². The van der Waals surface area contributed by atoms with Gasteiger partial charge in [-0.25, -0.2) is 13.2 Å². The summed E-state index contributed by atoms with van der Waals surface area (Å²) in [5, 5.41) is 0. The highest BCUT2D eigenvalue weighted by Gasteiger charge is 2.19. The van der Waals surface area contributed by atoms with Crippen LogP contribution in [-0.4, -0.2) is 28.1 Å². The molecule has 0 saturated heterocycles. The van der Waals surface area contributed by atoms with Crippen molar-refractivity contribution in [3.8, 4) is 0 Å². The largest absolute Gasteiger partial charge is 0.462 e. The van der Waals surface area contributed by atoms with E-state index in [1.165, 1.54) is 25.3 Å². The van der Waals surface area contributed by atoms with E-state index in [2.05, 4.69) is 0 Å². The normalized spacial score (nSPS) is 11.7. The summed E-state index contributed by atoms with van der Waals surface area (Å²) in [5.41, 5.74) is 0.545. The maximum atomic E-state index is 11.9. The number of methoxy groups -OCH3 is 1. The minimum atomic E-state index is -3.96. The third-order valence-electron chi connectivity index (χ3n) is 2.79. The molecule has 0 atom stereocenters. The van der Waals surface area contributed by atoms with E-state index in [-0.39, 0.29) is 17.1 Å². The molecule has 21 heavy (non-hydrogen) atoms. The van der Waals surface area contributed by atoms with Crippen LogP contribution in [0.15, 0.2) is 23.1 Å². The Morgan fingerprint density at radius 2 is 2.00 bits per heavy atom. The fourth-order valence-corrected chi connectivity index (χ4v) is 2.79. The summed E-state index contributed by atoms with van der Waals surface area (Å²) in [7, 11) is 2.87. The predicted octanol–water partition coefficient (Wildman–Crippen LogP) is 2.96. The number of carbonyl (C=O) groups is 1. The highest BCUT2D eigenvalue weighted by Crippen LogP contribution is 2.23. The van der Waals surface area contributed by atoms with Gasteiger partial charge >= 0.3 is 5.97 Å². The molecule has 0 spiro atoms. The maximum absolute atomic E-state index is 11.9. The molecule has 0 N–H and O–H groups in total. The lowest BCUT2D eigenvalue weighted by atomic mass is 10.1. The molecule has 0 bridgehead atoms. The number of hydrogen-bond acceptors (Lipinski definition) is 5. The van der Waals surface area contributed by atoms with E-state index in [4.69, 9.17) is 20.2 Å². The van der Waals surface area contributed by atoms with E-state index < -0.39 is 15.0 Å². The molecule has 1 aromatic rings. The topological polar surface area (TPSA) is 69.7 Å². The van der Waals surface area contributed by atoms with Crippen LogP contribution in [0, 0.1) is 5.92 Å². The molecule has 118 valence electrons. The molecule has 0 aliphatic rings. The fourth-order valence-electron chi connectivity index (χ4n) is 1.65. The molecule has 0 aliphatic carbocycles. The van der Waals surface area contributed by atoms with Gasteiger partial charge in [-0.2, -0.15) is 0 Å². The number of hydrogen-bond donors (Lipinski definition) is 0. The van der Waals surface area contributed by atoms with Crippen molar-refractivity contribution in [1.82, 2.24) is 0 Å². The predicted molar refractivity (Wildman–Crippen MR) is 79.9 cm³/mol. The van der Waals surface area contributed by atoms with Gasteiger partial charge in [-0.05, 0) is 30.0 Å². The third kappa shape index (κ3) is 5.65. The molecule has 0 aromatic heterocycles. The highest BCUT2D eigenvalue weighted by molar-refractivity contribution is 8.13. The van der Waals surface area contributed by atoms with Gasteiger partial charge in [-0.3, -0.25) is 0 Å². The zero-order chi connectivity index (χ0) is 16.0. The summed E-state index contributed by atoms with van der Waals surface area (Å²) < 4.78 is 33.1. The fraction of sp³-hybridized carbons (Fsp3) is 0.500. The average Bonchev–Trinajstić information content (AvgIpc) is 2.37. The first-order valence-corrected chi connectivity index (χ1v) is 8.80. The Labute approximate surface area is 129 Å². The van der Waals surface area contributed by atoms with E-state index in [1.807, 2.05) is 13.8 Å². The summed E-state index contributed by atoms with van der Waals surface area (Å²) in [6, 6.07) is 4.21. The summed E-state index contributed by atoms with van der Waals surface area (Å²) >= 11 is 0. The monoisotopic (exact) mass is 334 g/mol. The van der Waals surface area contributed by atoms with Crippen molar-refractivity contribution in [1.29, 1.82) is 0 Å². The lowest BCUT2D eigenvalue weighted by Crippen LogP contribution is -2.10. The first-order chi connectivity index (χ1) is 9.75. The van der Waals surface area contributed by atoms with Crippen LogP contribution >= 0.6 is 10.7 Å². The Morgan fingerprint density at radius 3 is 2.52 bits per heavy atom. The van der Waals surface area contributed by atoms with E-state index in [0.29, 0.717) is 18.1 Å². The van der Waals surface area contributed by atoms with Crippen molar-refractivity contribution in [2.45, 2.75) is 31.8 Å². The van der Waals surface area contributed by atoms with Crippen LogP contribution in [0.4, 0.5) is 0 Å². The lowest BCUT2D eigenvalue weighted by molar-refractivity contribution is 0.0487. The molecule has 0 aliphatic heterocycles. The maximum Gasteiger partial charge on any atom is 0.338 e. The van der Waals surface area contributed by atoms with Crippen molar-refractivity contribution in [3.05, 3.63) is 29.3 Å². The number of halogens is 1. The third-order valence-corrected chi connectivity index (χ3v) is 4.20. The van der Waals surface area contributed by atoms with Crippen molar-refractivity contribution in [2.24, 2.45) is 5.92 Å². The second kappa shape index (κ2) is 7.77. The van der Waals surface area contributed by atoms with Gasteiger partial charge < -0.3 is 9.47 Å². The Kier molecular flexibility index (Phi) is 6.64. The van der Waals surface area contributed by atoms with Crippen molar-refractivity contribution in [3.63, 3.8) is 0 Å². The zero-order valence-electron chi connectivity index (χ0n) is 12.3. The van der Waals surface area contributed by atoms with Gasteiger partial charge in [0.25, 0.3) is 9.05 Å². The molecule has 0 heterocycles. The van der Waals surface area contributed by atoms with E-state index >= 15 is 0 Å². The Morgan fingerprint density at radius 1 is 1.33 bits per heavy atom. The van der Waals surface area contributed by atoms with E-state index in [0.717, 1.165) is 6.42 Å². The Hall–Kier alpha value is -1.11. The molecule has 1 aromatic carbocycles. The summed E-state index contributed by atoms with van der Waals surface area (Å²) in [5.74, 6) is -0.151. The number of esters is 1. The summed E-state index contributed by atoms with van der Waals surface area (Å²) in [4.78, 5) is 11.7. The van der Waals surface area contributed by atoms with E-state index in [1.54, 1.807) is 0 Å². The SMILES string of the molecule is COCc1ccc(C(=O)OCCC(C)C)cc1S(=O)(=O)Cl. The van der Waals surface area contributed by atoms with Crippen molar-refractivity contribution < 1.29 is 22.7 Å². The van der Waals surface area contributed by atoms with Gasteiger partial charge in [-0.15, -0.1) is 0 Å². The molecule has 0 radical (unpaired) electrons. The van der Waals surface area contributed by atoms with Gasteiger partial charge in [0, 0.05) is 17.8 Å². The van der Waals surface area contributed by atoms with Gasteiger partial charge in [0.2, 0.25) is 0 Å². The molecule has 0 amide bonds. The van der Waals surface area contributed by atoms with Crippen LogP contribution in [-0.2, 0) is 25.1 Å². The number of benzene rings is 1. The molecule has 0 saturated carbocycles. The first kappa shape index (κ1) is 17.9. The number of carbonyl (C=O) groups excluding carboxylic acids is 1. The average molecular weight is 335 g/mol. The van der Waals surface area contributed by atoms with Crippen LogP contribution < -0.4 is 0 Å². The number of ether oxygens (including phenoxy) is 2. The second-order valence-electron chi connectivity index (χ2n) is 5.01. The van der Waals surface area contributed by atoms with Gasteiger partial charge in [0.1, 0.15) is 0 Å². The van der Waals surface area contributed by atoms with Crippen LogP contribution in [0.5, 0.6) is 0 Å². The van der Waals surface area contributed by atoms with Gasteiger partial charge in [-0.1, -0.05) is 19.9 Å². The summed E-state index contributed by atoms with van der Waals surface area (Å²) in [6.07, 6.45) is 0.744. The molecular weight excluding hydrogens is 316 g/mol. The zero-order valence-corrected chi connectivity index (χ0v) is 13.8.